The number of carbonyl (C=O) groups excluding carboxylic acids is 2. The molecule has 0 saturated heterocycles. The predicted molar refractivity (Wildman–Crippen MR) is 82.3 cm³/mol. The quantitative estimate of drug-likeness (QED) is 0.243. The van der Waals surface area contributed by atoms with Gasteiger partial charge in [-0.05, 0) is 53.3 Å². The second-order valence-electron chi connectivity index (χ2n) is 1.49. The average molecular weight is 711 g/mol. The monoisotopic (exact) mass is 710 g/mol. The van der Waals surface area contributed by atoms with E-state index in [9.17, 15) is 19.8 Å². The molecule has 0 N–H and O–H groups in total. The Morgan fingerprint density at radius 2 is 1.07 bits per heavy atom. The number of hydrogen-bond acceptors (Lipinski definition) is 4. The molecule has 15 heavy (non-hydrogen) atoms. The summed E-state index contributed by atoms with van der Waals surface area (Å²) in [5.74, 6) is -2.23. The van der Waals surface area contributed by atoms with Crippen molar-refractivity contribution in [3.05, 3.63) is 15.3 Å². The van der Waals surface area contributed by atoms with E-state index in [2.05, 4.69) is 0 Å². The Bertz CT molecular complexity index is 248. The summed E-state index contributed by atoms with van der Waals surface area (Å²) >= 11 is 7.05. The molecule has 0 aliphatic heterocycles. The summed E-state index contributed by atoms with van der Waals surface area (Å²) in [5.41, 5.74) is 0. The number of rotatable bonds is 2. The van der Waals surface area contributed by atoms with Gasteiger partial charge in [-0.3, -0.25) is 0 Å². The molecule has 0 bridgehead atoms. The van der Waals surface area contributed by atoms with E-state index >= 15 is 0 Å². The van der Waals surface area contributed by atoms with Gasteiger partial charge in [-0.25, -0.2) is 0 Å². The Balaban J connectivity index is -0.000000180. The number of aliphatic carboxylic acids is 2. The maximum atomic E-state index is 9.74. The molecule has 9 heteroatoms. The standard InChI is InChI=1S/2C3H2I2O2.Zn/c2*4-1-2(5)3(6)7;/h2*1H,(H,6,7);/q;;+2/p-2. The van der Waals surface area contributed by atoms with Crippen molar-refractivity contribution in [3.63, 3.8) is 0 Å². The summed E-state index contributed by atoms with van der Waals surface area (Å²) in [6.07, 6.45) is 0. The summed E-state index contributed by atoms with van der Waals surface area (Å²) in [6, 6.07) is 0. The van der Waals surface area contributed by atoms with Crippen molar-refractivity contribution in [1.29, 1.82) is 0 Å². The third kappa shape index (κ3) is 16.0. The Morgan fingerprint density at radius 1 is 0.867 bits per heavy atom. The predicted octanol–water partition coefficient (Wildman–Crippen LogP) is 0.893. The average Bonchev–Trinajstić information content (AvgIpc) is 2.15. The normalized spacial score (nSPS) is 10.7. The fourth-order valence-corrected chi connectivity index (χ4v) is 0.598. The van der Waals surface area contributed by atoms with E-state index < -0.39 is 11.9 Å². The first-order valence-electron chi connectivity index (χ1n) is 2.71. The van der Waals surface area contributed by atoms with Crippen molar-refractivity contribution in [2.24, 2.45) is 0 Å². The molecule has 0 atom stereocenters. The zero-order valence-electron chi connectivity index (χ0n) is 7.01. The molecule has 0 heterocycles. The Hall–Kier alpha value is 1.96. The summed E-state index contributed by atoms with van der Waals surface area (Å²) in [7, 11) is 0. The van der Waals surface area contributed by atoms with Crippen molar-refractivity contribution >= 4 is 102 Å². The van der Waals surface area contributed by atoms with Gasteiger partial charge in [0.25, 0.3) is 0 Å². The SMILES string of the molecule is O=C([O-])C(I)=CI.O=C([O-])C(I)=CI.[Zn+2]. The van der Waals surface area contributed by atoms with Crippen LogP contribution in [0.4, 0.5) is 0 Å². The maximum absolute atomic E-state index is 9.74. The zero-order chi connectivity index (χ0) is 11.7. The molecule has 0 amide bonds. The molecule has 0 aliphatic rings. The van der Waals surface area contributed by atoms with Gasteiger partial charge in [0.05, 0.1) is 11.9 Å². The van der Waals surface area contributed by atoms with Crippen molar-refractivity contribution < 1.29 is 39.3 Å². The second-order valence-corrected chi connectivity index (χ2v) is 5.06. The summed E-state index contributed by atoms with van der Waals surface area (Å²) in [6.45, 7) is 0. The molecule has 0 rings (SSSR count). The van der Waals surface area contributed by atoms with Crippen molar-refractivity contribution in [3.8, 4) is 0 Å². The third-order valence-electron chi connectivity index (χ3n) is 0.582. The minimum atomic E-state index is -1.12. The Labute approximate surface area is 154 Å². The van der Waals surface area contributed by atoms with E-state index in [-0.39, 0.29) is 26.6 Å². The Morgan fingerprint density at radius 3 is 1.07 bits per heavy atom. The molecule has 0 radical (unpaired) electrons. The maximum Gasteiger partial charge on any atom is 2.00 e. The van der Waals surface area contributed by atoms with Gasteiger partial charge in [-0.15, -0.1) is 0 Å². The second kappa shape index (κ2) is 14.0. The fraction of sp³-hybridized carbons (Fsp3) is 0. The van der Waals surface area contributed by atoms with E-state index in [0.29, 0.717) is 0 Å². The van der Waals surface area contributed by atoms with Crippen LogP contribution < -0.4 is 10.2 Å². The van der Waals surface area contributed by atoms with Crippen LogP contribution in [0.1, 0.15) is 0 Å². The van der Waals surface area contributed by atoms with Crippen molar-refractivity contribution in [1.82, 2.24) is 0 Å². The van der Waals surface area contributed by atoms with Crippen LogP contribution in [0.15, 0.2) is 15.3 Å². The molecule has 0 unspecified atom stereocenters. The smallest absolute Gasteiger partial charge is 0.544 e. The molecular formula is C6H2I4O4Zn. The van der Waals surface area contributed by atoms with Gasteiger partial charge in [-0.1, -0.05) is 45.2 Å². The van der Waals surface area contributed by atoms with Crippen LogP contribution in [0.3, 0.4) is 0 Å². The first-order valence-corrected chi connectivity index (χ1v) is 7.36. The minimum absolute atomic E-state index is 0. The van der Waals surface area contributed by atoms with Gasteiger partial charge < -0.3 is 19.8 Å². The Kier molecular flexibility index (Phi) is 20.7. The molecular weight excluding hydrogens is 709 g/mol. The van der Waals surface area contributed by atoms with Gasteiger partial charge in [0.1, 0.15) is 0 Å². The minimum Gasteiger partial charge on any atom is -0.544 e. The van der Waals surface area contributed by atoms with Gasteiger partial charge in [0.15, 0.2) is 0 Å². The number of carboxylic acids is 2. The number of hydrogen-bond donors (Lipinski definition) is 0. The van der Waals surface area contributed by atoms with Crippen LogP contribution in [0.5, 0.6) is 0 Å². The van der Waals surface area contributed by atoms with Gasteiger partial charge in [0.2, 0.25) is 0 Å². The first kappa shape index (κ1) is 22.2. The van der Waals surface area contributed by atoms with E-state index in [1.165, 1.54) is 8.17 Å². The molecule has 80 valence electrons. The van der Waals surface area contributed by atoms with Gasteiger partial charge >= 0.3 is 19.5 Å². The van der Waals surface area contributed by atoms with Crippen LogP contribution in [-0.4, -0.2) is 11.9 Å². The van der Waals surface area contributed by atoms with Gasteiger partial charge in [0, 0.05) is 7.16 Å². The molecule has 0 aromatic rings. The van der Waals surface area contributed by atoms with E-state index in [1.807, 2.05) is 45.2 Å². The summed E-state index contributed by atoms with van der Waals surface area (Å²) < 4.78 is 3.37. The van der Waals surface area contributed by atoms with E-state index in [0.717, 1.165) is 0 Å². The molecule has 0 fully saturated rings. The molecule has 4 nitrogen and oxygen atoms in total. The summed E-state index contributed by atoms with van der Waals surface area (Å²) in [4.78, 5) is 19.5. The third-order valence-corrected chi connectivity index (χ3v) is 5.71. The molecule has 0 saturated carbocycles. The van der Waals surface area contributed by atoms with Crippen molar-refractivity contribution in [2.75, 3.05) is 0 Å². The van der Waals surface area contributed by atoms with Crippen LogP contribution in [0, 0.1) is 0 Å². The van der Waals surface area contributed by atoms with E-state index in [4.69, 9.17) is 0 Å². The molecule has 0 spiro atoms. The first-order chi connectivity index (χ1) is 6.36. The summed E-state index contributed by atoms with van der Waals surface area (Å²) in [5, 5.41) is 19.5. The fourth-order valence-electron chi connectivity index (χ4n) is 0.0891. The number of halogens is 4. The topological polar surface area (TPSA) is 80.3 Å². The zero-order valence-corrected chi connectivity index (χ0v) is 18.6. The van der Waals surface area contributed by atoms with Crippen LogP contribution in [0.2, 0.25) is 0 Å². The molecule has 0 aromatic heterocycles. The molecule has 0 aliphatic carbocycles. The van der Waals surface area contributed by atoms with Crippen LogP contribution >= 0.6 is 90.4 Å². The van der Waals surface area contributed by atoms with Crippen LogP contribution in [0.25, 0.3) is 0 Å². The van der Waals surface area contributed by atoms with Crippen molar-refractivity contribution in [2.45, 2.75) is 0 Å². The number of carboxylic acid groups (broad SMARTS) is 2. The largest absolute Gasteiger partial charge is 2.00 e. The van der Waals surface area contributed by atoms with Gasteiger partial charge in [-0.2, -0.15) is 0 Å². The van der Waals surface area contributed by atoms with E-state index in [1.54, 1.807) is 45.2 Å². The van der Waals surface area contributed by atoms with Crippen LogP contribution in [-0.2, 0) is 29.1 Å². The molecule has 0 aromatic carbocycles. The number of carbonyl (C=O) groups is 2.